The lowest BCUT2D eigenvalue weighted by atomic mass is 10.1. The lowest BCUT2D eigenvalue weighted by Gasteiger charge is -2.15. The van der Waals surface area contributed by atoms with Gasteiger partial charge in [0, 0.05) is 5.69 Å². The van der Waals surface area contributed by atoms with Gasteiger partial charge in [0.2, 0.25) is 0 Å². The van der Waals surface area contributed by atoms with Crippen LogP contribution in [0, 0.1) is 11.3 Å². The van der Waals surface area contributed by atoms with Crippen LogP contribution < -0.4 is 29.0 Å². The van der Waals surface area contributed by atoms with Gasteiger partial charge in [0.15, 0.2) is 23.0 Å². The number of amides is 1. The monoisotopic (exact) mass is 564 g/mol. The van der Waals surface area contributed by atoms with Crippen molar-refractivity contribution >= 4 is 17.7 Å². The highest BCUT2D eigenvalue weighted by Crippen LogP contribution is 2.32. The van der Waals surface area contributed by atoms with Crippen LogP contribution in [-0.4, -0.2) is 26.7 Å². The molecule has 214 valence electrons. The van der Waals surface area contributed by atoms with E-state index in [1.165, 1.54) is 6.08 Å². The number of hydrogen-bond donors (Lipinski definition) is 1. The number of benzene rings is 4. The van der Waals surface area contributed by atoms with Gasteiger partial charge in [-0.2, -0.15) is 5.26 Å². The number of carbonyl (C=O) groups excluding carboxylic acids is 1. The molecule has 4 aromatic rings. The van der Waals surface area contributed by atoms with Gasteiger partial charge in [-0.1, -0.05) is 42.5 Å². The third-order valence-electron chi connectivity index (χ3n) is 6.15. The maximum atomic E-state index is 12.7. The zero-order valence-corrected chi connectivity index (χ0v) is 23.8. The minimum Gasteiger partial charge on any atom is -0.497 e. The molecule has 8 heteroatoms. The quantitative estimate of drug-likeness (QED) is 0.141. The summed E-state index contributed by atoms with van der Waals surface area (Å²) in [6, 6.07) is 29.6. The average molecular weight is 565 g/mol. The van der Waals surface area contributed by atoms with E-state index in [4.69, 9.17) is 23.7 Å². The number of methoxy groups -OCH3 is 2. The van der Waals surface area contributed by atoms with Gasteiger partial charge in [-0.05, 0) is 78.2 Å². The zero-order valence-electron chi connectivity index (χ0n) is 23.8. The minimum atomic E-state index is -0.522. The number of anilines is 1. The Morgan fingerprint density at radius 3 is 2.12 bits per heavy atom. The van der Waals surface area contributed by atoms with Gasteiger partial charge >= 0.3 is 0 Å². The molecule has 4 aromatic carbocycles. The smallest absolute Gasteiger partial charge is 0.266 e. The molecule has 1 amide bonds. The molecule has 0 radical (unpaired) electrons. The summed E-state index contributed by atoms with van der Waals surface area (Å²) >= 11 is 0. The molecule has 0 unspecified atom stereocenters. The molecule has 0 saturated carbocycles. The van der Waals surface area contributed by atoms with E-state index in [1.54, 1.807) is 56.7 Å². The van der Waals surface area contributed by atoms with Gasteiger partial charge in [-0.3, -0.25) is 4.79 Å². The number of ether oxygens (including phenoxy) is 5. The lowest BCUT2D eigenvalue weighted by Crippen LogP contribution is -2.13. The average Bonchev–Trinajstić information content (AvgIpc) is 3.03. The Bertz CT molecular complexity index is 1560. The van der Waals surface area contributed by atoms with Crippen molar-refractivity contribution in [3.8, 4) is 34.8 Å². The molecule has 42 heavy (non-hydrogen) atoms. The van der Waals surface area contributed by atoms with Gasteiger partial charge in [0.25, 0.3) is 5.91 Å². The SMILES string of the molecule is CCOc1cc(/C=C(/C#N)C(=O)Nc2ccc(OC)cc2)ccc1OCc1ccc(OCc2ccccc2)c(OC)c1. The Balaban J connectivity index is 1.44. The lowest BCUT2D eigenvalue weighted by molar-refractivity contribution is -0.112. The van der Waals surface area contributed by atoms with Gasteiger partial charge in [-0.15, -0.1) is 0 Å². The van der Waals surface area contributed by atoms with E-state index in [9.17, 15) is 10.1 Å². The highest BCUT2D eigenvalue weighted by molar-refractivity contribution is 6.09. The van der Waals surface area contributed by atoms with Crippen LogP contribution in [0.15, 0.2) is 96.6 Å². The summed E-state index contributed by atoms with van der Waals surface area (Å²) in [6.07, 6.45) is 1.50. The Morgan fingerprint density at radius 1 is 0.762 bits per heavy atom. The van der Waals surface area contributed by atoms with Crippen molar-refractivity contribution in [1.29, 1.82) is 5.26 Å². The maximum absolute atomic E-state index is 12.7. The minimum absolute atomic E-state index is 0.0522. The van der Waals surface area contributed by atoms with Crippen LogP contribution in [0.25, 0.3) is 6.08 Å². The van der Waals surface area contributed by atoms with Gasteiger partial charge in [-0.25, -0.2) is 0 Å². The molecule has 0 heterocycles. The van der Waals surface area contributed by atoms with Crippen LogP contribution in [0.2, 0.25) is 0 Å². The van der Waals surface area contributed by atoms with E-state index in [0.717, 1.165) is 11.1 Å². The molecule has 0 atom stereocenters. The van der Waals surface area contributed by atoms with Gasteiger partial charge in [0.05, 0.1) is 20.8 Å². The molecule has 0 aliphatic carbocycles. The molecule has 0 bridgehead atoms. The van der Waals surface area contributed by atoms with Crippen molar-refractivity contribution in [2.45, 2.75) is 20.1 Å². The number of rotatable bonds is 13. The first-order valence-electron chi connectivity index (χ1n) is 13.3. The normalized spacial score (nSPS) is 10.8. The number of carbonyl (C=O) groups is 1. The largest absolute Gasteiger partial charge is 0.497 e. The summed E-state index contributed by atoms with van der Waals surface area (Å²) in [4.78, 5) is 12.7. The van der Waals surface area contributed by atoms with Crippen molar-refractivity contribution in [3.63, 3.8) is 0 Å². The second-order valence-electron chi connectivity index (χ2n) is 9.04. The fourth-order valence-corrected chi connectivity index (χ4v) is 4.01. The van der Waals surface area contributed by atoms with E-state index in [2.05, 4.69) is 5.32 Å². The number of nitrogens with zero attached hydrogens (tertiary/aromatic N) is 1. The molecule has 0 saturated heterocycles. The third kappa shape index (κ3) is 8.05. The van der Waals surface area contributed by atoms with Crippen molar-refractivity contribution in [2.24, 2.45) is 0 Å². The second kappa shape index (κ2) is 14.8. The zero-order chi connectivity index (χ0) is 29.7. The van der Waals surface area contributed by atoms with Crippen LogP contribution in [0.1, 0.15) is 23.6 Å². The van der Waals surface area contributed by atoms with Crippen LogP contribution in [0.4, 0.5) is 5.69 Å². The Labute approximate surface area is 245 Å². The van der Waals surface area contributed by atoms with Crippen LogP contribution >= 0.6 is 0 Å². The van der Waals surface area contributed by atoms with E-state index in [0.29, 0.717) is 53.2 Å². The molecule has 0 spiro atoms. The van der Waals surface area contributed by atoms with E-state index >= 15 is 0 Å². The summed E-state index contributed by atoms with van der Waals surface area (Å²) in [7, 11) is 3.16. The van der Waals surface area contributed by atoms with Crippen molar-refractivity contribution < 1.29 is 28.5 Å². The molecule has 8 nitrogen and oxygen atoms in total. The molecule has 0 aliphatic heterocycles. The highest BCUT2D eigenvalue weighted by Gasteiger charge is 2.13. The summed E-state index contributed by atoms with van der Waals surface area (Å²) in [6.45, 7) is 2.97. The highest BCUT2D eigenvalue weighted by atomic mass is 16.5. The van der Waals surface area contributed by atoms with Crippen LogP contribution in [-0.2, 0) is 18.0 Å². The van der Waals surface area contributed by atoms with Crippen molar-refractivity contribution in [3.05, 3.63) is 113 Å². The first-order valence-corrected chi connectivity index (χ1v) is 13.3. The number of nitrogens with one attached hydrogen (secondary N) is 1. The summed E-state index contributed by atoms with van der Waals surface area (Å²) in [5.74, 6) is 2.41. The van der Waals surface area contributed by atoms with Crippen LogP contribution in [0.5, 0.6) is 28.7 Å². The molecule has 1 N–H and O–H groups in total. The second-order valence-corrected chi connectivity index (χ2v) is 9.04. The first-order chi connectivity index (χ1) is 20.5. The Hall–Kier alpha value is -5.42. The molecular formula is C34H32N2O6. The molecular weight excluding hydrogens is 532 g/mol. The maximum Gasteiger partial charge on any atom is 0.266 e. The van der Waals surface area contributed by atoms with Crippen LogP contribution in [0.3, 0.4) is 0 Å². The summed E-state index contributed by atoms with van der Waals surface area (Å²) in [5.41, 5.74) is 3.06. The van der Waals surface area contributed by atoms with Crippen molar-refractivity contribution in [1.82, 2.24) is 0 Å². The molecule has 4 rings (SSSR count). The molecule has 0 aliphatic rings. The van der Waals surface area contributed by atoms with E-state index in [-0.39, 0.29) is 12.2 Å². The Morgan fingerprint density at radius 2 is 1.45 bits per heavy atom. The molecule has 0 fully saturated rings. The Kier molecular flexibility index (Phi) is 10.4. The van der Waals surface area contributed by atoms with Crippen molar-refractivity contribution in [2.75, 3.05) is 26.1 Å². The fraction of sp³-hybridized carbons (Fsp3) is 0.176. The summed E-state index contributed by atoms with van der Waals surface area (Å²) in [5, 5.41) is 12.4. The standard InChI is InChI=1S/C34H32N2O6/c1-4-40-33-19-25(18-27(21-35)34(37)36-28-12-14-29(38-2)15-13-28)10-16-31(33)42-23-26-11-17-30(32(20-26)39-3)41-22-24-8-6-5-7-9-24/h5-20H,4,22-23H2,1-3H3,(H,36,37)/b27-18-. The summed E-state index contributed by atoms with van der Waals surface area (Å²) < 4.78 is 28.5. The molecule has 0 aromatic heterocycles. The first kappa shape index (κ1) is 29.6. The number of hydrogen-bond acceptors (Lipinski definition) is 7. The number of nitriles is 1. The predicted octanol–water partition coefficient (Wildman–Crippen LogP) is 6.81. The third-order valence-corrected chi connectivity index (χ3v) is 6.15. The fourth-order valence-electron chi connectivity index (χ4n) is 4.01. The van der Waals surface area contributed by atoms with Gasteiger partial charge < -0.3 is 29.0 Å². The van der Waals surface area contributed by atoms with E-state index < -0.39 is 5.91 Å². The van der Waals surface area contributed by atoms with E-state index in [1.807, 2.05) is 61.5 Å². The topological polar surface area (TPSA) is 99.0 Å². The van der Waals surface area contributed by atoms with Gasteiger partial charge in [0.1, 0.15) is 30.6 Å². The predicted molar refractivity (Wildman–Crippen MR) is 161 cm³/mol.